The second-order valence-electron chi connectivity index (χ2n) is 4.72. The van der Waals surface area contributed by atoms with E-state index in [4.69, 9.17) is 4.74 Å². The minimum Gasteiger partial charge on any atom is -0.465 e. The number of carbonyl (C=O) groups excluding carboxylic acids is 2. The first-order valence-electron chi connectivity index (χ1n) is 6.51. The van der Waals surface area contributed by atoms with Crippen molar-refractivity contribution >= 4 is 17.6 Å². The largest absolute Gasteiger partial charge is 0.465 e. The normalized spacial score (nSPS) is 15.2. The zero-order valence-corrected chi connectivity index (χ0v) is 11.1. The van der Waals surface area contributed by atoms with Crippen LogP contribution < -0.4 is 10.2 Å². The van der Waals surface area contributed by atoms with E-state index >= 15 is 0 Å². The van der Waals surface area contributed by atoms with E-state index in [2.05, 4.69) is 5.32 Å². The maximum atomic E-state index is 11.9. The number of hydrogen-bond acceptors (Lipinski definition) is 3. The summed E-state index contributed by atoms with van der Waals surface area (Å²) in [7, 11) is 1.33. The highest BCUT2D eigenvalue weighted by Gasteiger charge is 2.20. The molecule has 0 aromatic heterocycles. The molecule has 5 heteroatoms. The Labute approximate surface area is 112 Å². The molecule has 102 valence electrons. The van der Waals surface area contributed by atoms with Crippen molar-refractivity contribution in [1.29, 1.82) is 0 Å². The molecule has 2 N–H and O–H groups in total. The van der Waals surface area contributed by atoms with E-state index in [1.807, 2.05) is 0 Å². The van der Waals surface area contributed by atoms with Gasteiger partial charge in [-0.2, -0.15) is 0 Å². The van der Waals surface area contributed by atoms with Crippen molar-refractivity contribution in [3.8, 4) is 0 Å². The number of likely N-dealkylation sites (tertiary alicyclic amines) is 1. The van der Waals surface area contributed by atoms with Gasteiger partial charge in [0.2, 0.25) is 0 Å². The Kier molecular flexibility index (Phi) is 4.52. The van der Waals surface area contributed by atoms with Crippen LogP contribution in [0.5, 0.6) is 0 Å². The van der Waals surface area contributed by atoms with Crippen LogP contribution in [0.1, 0.15) is 23.2 Å². The summed E-state index contributed by atoms with van der Waals surface area (Å²) in [6, 6.07) is 6.88. The quantitative estimate of drug-likeness (QED) is 0.757. The molecule has 1 heterocycles. The van der Waals surface area contributed by atoms with Gasteiger partial charge in [-0.25, -0.2) is 4.79 Å². The van der Waals surface area contributed by atoms with E-state index in [0.29, 0.717) is 17.8 Å². The highest BCUT2D eigenvalue weighted by atomic mass is 16.5. The molecule has 1 aliphatic rings. The van der Waals surface area contributed by atoms with E-state index in [-0.39, 0.29) is 5.91 Å². The van der Waals surface area contributed by atoms with Crippen molar-refractivity contribution in [2.24, 2.45) is 0 Å². The molecule has 0 radical (unpaired) electrons. The summed E-state index contributed by atoms with van der Waals surface area (Å²) in [5.74, 6) is -0.502. The van der Waals surface area contributed by atoms with E-state index in [1.165, 1.54) is 24.9 Å². The first kappa shape index (κ1) is 13.5. The molecule has 1 saturated heterocycles. The van der Waals surface area contributed by atoms with Crippen molar-refractivity contribution < 1.29 is 19.2 Å². The second kappa shape index (κ2) is 6.33. The summed E-state index contributed by atoms with van der Waals surface area (Å²) in [6.45, 7) is 2.55. The van der Waals surface area contributed by atoms with Crippen LogP contribution in [0.3, 0.4) is 0 Å². The lowest BCUT2D eigenvalue weighted by atomic mass is 10.2. The van der Waals surface area contributed by atoms with Crippen LogP contribution in [0, 0.1) is 0 Å². The average molecular weight is 263 g/mol. The fraction of sp³-hybridized carbons (Fsp3) is 0.429. The number of hydrogen-bond donors (Lipinski definition) is 2. The van der Waals surface area contributed by atoms with E-state index in [0.717, 1.165) is 13.1 Å². The molecule has 5 nitrogen and oxygen atoms in total. The molecular weight excluding hydrogens is 244 g/mol. The lowest BCUT2D eigenvalue weighted by Gasteiger charge is -2.13. The van der Waals surface area contributed by atoms with Crippen LogP contribution in [0.4, 0.5) is 5.69 Å². The minimum atomic E-state index is -0.440. The van der Waals surface area contributed by atoms with Gasteiger partial charge in [0.05, 0.1) is 31.5 Å². The predicted octanol–water partition coefficient (Wildman–Crippen LogP) is 0.0904. The van der Waals surface area contributed by atoms with Gasteiger partial charge in [-0.1, -0.05) is 12.1 Å². The van der Waals surface area contributed by atoms with Crippen LogP contribution in [0.25, 0.3) is 0 Å². The summed E-state index contributed by atoms with van der Waals surface area (Å²) in [4.78, 5) is 24.8. The van der Waals surface area contributed by atoms with Gasteiger partial charge in [0.15, 0.2) is 6.54 Å². The maximum absolute atomic E-state index is 11.9. The number of para-hydroxylation sites is 1. The van der Waals surface area contributed by atoms with Crippen LogP contribution in [0.2, 0.25) is 0 Å². The zero-order valence-electron chi connectivity index (χ0n) is 11.1. The van der Waals surface area contributed by atoms with E-state index in [1.54, 1.807) is 24.3 Å². The minimum absolute atomic E-state index is 0.0618. The van der Waals surface area contributed by atoms with E-state index < -0.39 is 5.97 Å². The molecule has 0 atom stereocenters. The number of benzene rings is 1. The molecule has 0 unspecified atom stereocenters. The predicted molar refractivity (Wildman–Crippen MR) is 71.2 cm³/mol. The zero-order chi connectivity index (χ0) is 13.7. The number of quaternary nitrogens is 1. The van der Waals surface area contributed by atoms with Gasteiger partial charge in [-0.05, 0) is 12.1 Å². The highest BCUT2D eigenvalue weighted by Crippen LogP contribution is 2.15. The first-order valence-corrected chi connectivity index (χ1v) is 6.51. The Hall–Kier alpha value is -1.88. The fourth-order valence-electron chi connectivity index (χ4n) is 2.35. The summed E-state index contributed by atoms with van der Waals surface area (Å²) < 4.78 is 4.70. The van der Waals surface area contributed by atoms with Crippen molar-refractivity contribution in [2.75, 3.05) is 32.1 Å². The molecule has 1 fully saturated rings. The van der Waals surface area contributed by atoms with Gasteiger partial charge < -0.3 is 15.0 Å². The van der Waals surface area contributed by atoms with Crippen molar-refractivity contribution in [2.45, 2.75) is 12.8 Å². The molecule has 19 heavy (non-hydrogen) atoms. The Morgan fingerprint density at radius 3 is 2.63 bits per heavy atom. The van der Waals surface area contributed by atoms with Gasteiger partial charge in [0.1, 0.15) is 0 Å². The molecule has 0 spiro atoms. The van der Waals surface area contributed by atoms with Gasteiger partial charge >= 0.3 is 5.97 Å². The molecule has 1 amide bonds. The van der Waals surface area contributed by atoms with E-state index in [9.17, 15) is 9.59 Å². The van der Waals surface area contributed by atoms with Crippen molar-refractivity contribution in [3.05, 3.63) is 29.8 Å². The molecule has 0 saturated carbocycles. The third kappa shape index (κ3) is 3.54. The third-order valence-electron chi connectivity index (χ3n) is 3.33. The molecule has 1 aliphatic heterocycles. The highest BCUT2D eigenvalue weighted by molar-refractivity contribution is 6.01. The van der Waals surface area contributed by atoms with Crippen molar-refractivity contribution in [3.63, 3.8) is 0 Å². The van der Waals surface area contributed by atoms with Crippen LogP contribution in [0.15, 0.2) is 24.3 Å². The van der Waals surface area contributed by atoms with Gasteiger partial charge in [0, 0.05) is 12.8 Å². The monoisotopic (exact) mass is 263 g/mol. The smallest absolute Gasteiger partial charge is 0.339 e. The number of rotatable bonds is 4. The lowest BCUT2D eigenvalue weighted by molar-refractivity contribution is -0.878. The molecular formula is C14H19N2O3+. The van der Waals surface area contributed by atoms with Gasteiger partial charge in [-0.15, -0.1) is 0 Å². The average Bonchev–Trinajstić information content (AvgIpc) is 2.91. The summed E-state index contributed by atoms with van der Waals surface area (Å²) >= 11 is 0. The number of carbonyl (C=O) groups is 2. The SMILES string of the molecule is COC(=O)c1ccccc1NC(=O)C[NH+]1CCCC1. The topological polar surface area (TPSA) is 59.8 Å². The molecule has 0 aliphatic carbocycles. The number of amides is 1. The lowest BCUT2D eigenvalue weighted by Crippen LogP contribution is -3.11. The maximum Gasteiger partial charge on any atom is 0.339 e. The van der Waals surface area contributed by atoms with Crippen LogP contribution >= 0.6 is 0 Å². The van der Waals surface area contributed by atoms with Gasteiger partial charge in [-0.3, -0.25) is 4.79 Å². The summed E-state index contributed by atoms with van der Waals surface area (Å²) in [6.07, 6.45) is 2.36. The van der Waals surface area contributed by atoms with Crippen molar-refractivity contribution in [1.82, 2.24) is 0 Å². The Bertz CT molecular complexity index is 468. The summed E-state index contributed by atoms with van der Waals surface area (Å²) in [5.41, 5.74) is 0.896. The number of methoxy groups -OCH3 is 1. The van der Waals surface area contributed by atoms with Gasteiger partial charge in [0.25, 0.3) is 5.91 Å². The Morgan fingerprint density at radius 2 is 1.95 bits per heavy atom. The van der Waals surface area contributed by atoms with Crippen LogP contribution in [-0.2, 0) is 9.53 Å². The number of ether oxygens (including phenoxy) is 1. The fourth-order valence-corrected chi connectivity index (χ4v) is 2.35. The number of anilines is 1. The van der Waals surface area contributed by atoms with Crippen LogP contribution in [-0.4, -0.2) is 38.6 Å². The molecule has 2 rings (SSSR count). The second-order valence-corrected chi connectivity index (χ2v) is 4.72. The summed E-state index contributed by atoms with van der Waals surface area (Å²) in [5, 5.41) is 2.79. The Morgan fingerprint density at radius 1 is 1.26 bits per heavy atom. The number of nitrogens with one attached hydrogen (secondary N) is 2. The standard InChI is InChI=1S/C14H18N2O3/c1-19-14(18)11-6-2-3-7-12(11)15-13(17)10-16-8-4-5-9-16/h2-3,6-7H,4-5,8-10H2,1H3,(H,15,17)/p+1. The third-order valence-corrected chi connectivity index (χ3v) is 3.33. The molecule has 1 aromatic carbocycles. The molecule has 0 bridgehead atoms. The first-order chi connectivity index (χ1) is 9.20. The number of esters is 1. The Balaban J connectivity index is 2.01. The molecule has 1 aromatic rings.